The average Bonchev–Trinajstić information content (AvgIpc) is 2.44. The van der Waals surface area contributed by atoms with Crippen LogP contribution in [0, 0.1) is 0 Å². The highest BCUT2D eigenvalue weighted by molar-refractivity contribution is 6.06. The molecular weight excluding hydrogens is 222 g/mol. The highest BCUT2D eigenvalue weighted by Crippen LogP contribution is 2.15. The van der Waals surface area contributed by atoms with Crippen molar-refractivity contribution in [1.29, 1.82) is 0 Å². The first-order valence-corrected chi connectivity index (χ1v) is 6.33. The highest BCUT2D eigenvalue weighted by Gasteiger charge is 2.05. The predicted octanol–water partition coefficient (Wildman–Crippen LogP) is 4.16. The number of hydrogen-bond acceptors (Lipinski definition) is 2. The molecule has 1 aromatic heterocycles. The van der Waals surface area contributed by atoms with Gasteiger partial charge < -0.3 is 0 Å². The third-order valence-electron chi connectivity index (χ3n) is 3.13. The lowest BCUT2D eigenvalue weighted by Gasteiger charge is -2.02. The zero-order valence-electron chi connectivity index (χ0n) is 10.8. The standard InChI is InChI=1S/C16H17NO/c1-3-12(4-2)10-16(18)14-7-8-15-13(11-14)6-5-9-17-15/h5-11H,3-4H2,1-2H3. The van der Waals surface area contributed by atoms with Gasteiger partial charge in [0.25, 0.3) is 0 Å². The van der Waals surface area contributed by atoms with Gasteiger partial charge in [-0.3, -0.25) is 9.78 Å². The van der Waals surface area contributed by atoms with Crippen LogP contribution in [-0.2, 0) is 0 Å². The number of carbonyl (C=O) groups is 1. The minimum atomic E-state index is 0.0828. The lowest BCUT2D eigenvalue weighted by Crippen LogP contribution is -1.96. The molecule has 0 atom stereocenters. The van der Waals surface area contributed by atoms with Crippen molar-refractivity contribution in [3.8, 4) is 0 Å². The molecule has 2 heteroatoms. The Hall–Kier alpha value is -1.96. The fourth-order valence-corrected chi connectivity index (χ4v) is 1.95. The normalized spacial score (nSPS) is 10.3. The number of fused-ring (bicyclic) bond motifs is 1. The Kier molecular flexibility index (Phi) is 3.88. The summed E-state index contributed by atoms with van der Waals surface area (Å²) in [7, 11) is 0. The van der Waals surface area contributed by atoms with Crippen molar-refractivity contribution in [2.45, 2.75) is 26.7 Å². The second kappa shape index (κ2) is 5.58. The van der Waals surface area contributed by atoms with E-state index >= 15 is 0 Å². The summed E-state index contributed by atoms with van der Waals surface area (Å²) in [6, 6.07) is 9.51. The second-order valence-corrected chi connectivity index (χ2v) is 4.28. The van der Waals surface area contributed by atoms with Gasteiger partial charge in [0.2, 0.25) is 0 Å². The van der Waals surface area contributed by atoms with Crippen LogP contribution in [0.1, 0.15) is 37.0 Å². The molecule has 0 aliphatic carbocycles. The number of pyridine rings is 1. The molecule has 0 unspecified atom stereocenters. The van der Waals surface area contributed by atoms with Crippen molar-refractivity contribution in [3.63, 3.8) is 0 Å². The Balaban J connectivity index is 2.36. The summed E-state index contributed by atoms with van der Waals surface area (Å²) in [5, 5.41) is 1.01. The maximum Gasteiger partial charge on any atom is 0.185 e. The predicted molar refractivity (Wildman–Crippen MR) is 74.7 cm³/mol. The van der Waals surface area contributed by atoms with Crippen LogP contribution in [0.5, 0.6) is 0 Å². The van der Waals surface area contributed by atoms with E-state index in [0.717, 1.165) is 29.3 Å². The van der Waals surface area contributed by atoms with Crippen LogP contribution in [0.2, 0.25) is 0 Å². The molecule has 0 amide bonds. The van der Waals surface area contributed by atoms with Crippen molar-refractivity contribution in [2.75, 3.05) is 0 Å². The summed E-state index contributed by atoms with van der Waals surface area (Å²) in [5.74, 6) is 0.0828. The number of aromatic nitrogens is 1. The molecule has 2 rings (SSSR count). The molecule has 2 aromatic rings. The van der Waals surface area contributed by atoms with Crippen LogP contribution in [0.15, 0.2) is 48.2 Å². The summed E-state index contributed by atoms with van der Waals surface area (Å²) in [4.78, 5) is 16.4. The number of hydrogen-bond donors (Lipinski definition) is 0. The van der Waals surface area contributed by atoms with Crippen LogP contribution in [0.3, 0.4) is 0 Å². The lowest BCUT2D eigenvalue weighted by molar-refractivity contribution is 0.104. The van der Waals surface area contributed by atoms with Gasteiger partial charge in [-0.15, -0.1) is 0 Å². The van der Waals surface area contributed by atoms with Crippen molar-refractivity contribution >= 4 is 16.7 Å². The van der Waals surface area contributed by atoms with E-state index in [2.05, 4.69) is 18.8 Å². The summed E-state index contributed by atoms with van der Waals surface area (Å²) in [5.41, 5.74) is 2.84. The lowest BCUT2D eigenvalue weighted by atomic mass is 10.0. The summed E-state index contributed by atoms with van der Waals surface area (Å²) < 4.78 is 0. The summed E-state index contributed by atoms with van der Waals surface area (Å²) in [6.45, 7) is 4.15. The maximum absolute atomic E-state index is 12.1. The molecule has 0 spiro atoms. The third kappa shape index (κ3) is 2.65. The van der Waals surface area contributed by atoms with Crippen molar-refractivity contribution < 1.29 is 4.79 Å². The maximum atomic E-state index is 12.1. The van der Waals surface area contributed by atoms with Gasteiger partial charge in [-0.1, -0.05) is 25.5 Å². The van der Waals surface area contributed by atoms with Crippen molar-refractivity contribution in [3.05, 3.63) is 53.7 Å². The van der Waals surface area contributed by atoms with E-state index in [1.54, 1.807) is 12.3 Å². The molecule has 0 N–H and O–H groups in total. The molecule has 0 bridgehead atoms. The minimum Gasteiger partial charge on any atom is -0.289 e. The Labute approximate surface area is 107 Å². The van der Waals surface area contributed by atoms with E-state index in [4.69, 9.17) is 0 Å². The topological polar surface area (TPSA) is 30.0 Å². The molecule has 18 heavy (non-hydrogen) atoms. The number of rotatable bonds is 4. The monoisotopic (exact) mass is 239 g/mol. The van der Waals surface area contributed by atoms with Crippen molar-refractivity contribution in [1.82, 2.24) is 4.98 Å². The van der Waals surface area contributed by atoms with Crippen LogP contribution in [-0.4, -0.2) is 10.8 Å². The van der Waals surface area contributed by atoms with Crippen LogP contribution < -0.4 is 0 Å². The summed E-state index contributed by atoms with van der Waals surface area (Å²) >= 11 is 0. The number of benzene rings is 1. The first-order chi connectivity index (χ1) is 8.74. The van der Waals surface area contributed by atoms with Crippen molar-refractivity contribution in [2.24, 2.45) is 0 Å². The van der Waals surface area contributed by atoms with E-state index in [1.165, 1.54) is 5.57 Å². The first kappa shape index (κ1) is 12.5. The van der Waals surface area contributed by atoms with Crippen LogP contribution in [0.25, 0.3) is 10.9 Å². The van der Waals surface area contributed by atoms with Gasteiger partial charge in [-0.05, 0) is 43.2 Å². The van der Waals surface area contributed by atoms with E-state index in [9.17, 15) is 4.79 Å². The van der Waals surface area contributed by atoms with Gasteiger partial charge in [0, 0.05) is 17.1 Å². The number of nitrogens with zero attached hydrogens (tertiary/aromatic N) is 1. The zero-order valence-corrected chi connectivity index (χ0v) is 10.8. The third-order valence-corrected chi connectivity index (χ3v) is 3.13. The van der Waals surface area contributed by atoms with Gasteiger partial charge in [0.15, 0.2) is 5.78 Å². The average molecular weight is 239 g/mol. The molecule has 0 saturated heterocycles. The van der Waals surface area contributed by atoms with Gasteiger partial charge in [-0.2, -0.15) is 0 Å². The Morgan fingerprint density at radius 3 is 2.72 bits per heavy atom. The molecule has 1 aromatic carbocycles. The zero-order chi connectivity index (χ0) is 13.0. The van der Waals surface area contributed by atoms with E-state index in [-0.39, 0.29) is 5.78 Å². The molecule has 0 radical (unpaired) electrons. The van der Waals surface area contributed by atoms with E-state index in [0.29, 0.717) is 0 Å². The molecule has 0 aliphatic heterocycles. The Bertz CT molecular complexity index is 593. The molecular formula is C16H17NO. The van der Waals surface area contributed by atoms with Crippen LogP contribution in [0.4, 0.5) is 0 Å². The Morgan fingerprint density at radius 1 is 1.22 bits per heavy atom. The number of carbonyl (C=O) groups excluding carboxylic acids is 1. The molecule has 1 heterocycles. The molecule has 0 aliphatic rings. The van der Waals surface area contributed by atoms with Gasteiger partial charge in [-0.25, -0.2) is 0 Å². The van der Waals surface area contributed by atoms with Gasteiger partial charge in [0.05, 0.1) is 5.52 Å². The highest BCUT2D eigenvalue weighted by atomic mass is 16.1. The molecule has 0 fully saturated rings. The van der Waals surface area contributed by atoms with Gasteiger partial charge in [0.1, 0.15) is 0 Å². The van der Waals surface area contributed by atoms with Gasteiger partial charge >= 0.3 is 0 Å². The first-order valence-electron chi connectivity index (χ1n) is 6.33. The largest absolute Gasteiger partial charge is 0.289 e. The van der Waals surface area contributed by atoms with Crippen LogP contribution >= 0.6 is 0 Å². The quantitative estimate of drug-likeness (QED) is 0.592. The van der Waals surface area contributed by atoms with E-state index < -0.39 is 0 Å². The smallest absolute Gasteiger partial charge is 0.185 e. The molecule has 2 nitrogen and oxygen atoms in total. The molecule has 0 saturated carbocycles. The Morgan fingerprint density at radius 2 is 2.00 bits per heavy atom. The second-order valence-electron chi connectivity index (χ2n) is 4.28. The molecule has 92 valence electrons. The number of ketones is 1. The fraction of sp³-hybridized carbons (Fsp3) is 0.250. The number of allylic oxidation sites excluding steroid dienone is 2. The fourth-order valence-electron chi connectivity index (χ4n) is 1.95. The minimum absolute atomic E-state index is 0.0828. The van der Waals surface area contributed by atoms with E-state index in [1.807, 2.05) is 30.3 Å². The SMILES string of the molecule is CCC(=CC(=O)c1ccc2ncccc2c1)CC. The summed E-state index contributed by atoms with van der Waals surface area (Å²) in [6.07, 6.45) is 5.38.